The summed E-state index contributed by atoms with van der Waals surface area (Å²) in [5, 5.41) is 8.34. The van der Waals surface area contributed by atoms with Gasteiger partial charge in [-0.3, -0.25) is 14.5 Å². The SMILES string of the molecule is C=NC.CCCN1CCN(c2ccc(NC=N/C=C3/C=C(c4c(Cl)cccc4Cl)C(=O)N(OCCNC)C3)cc2)CC1. The summed E-state index contributed by atoms with van der Waals surface area (Å²) >= 11 is 12.8. The van der Waals surface area contributed by atoms with Gasteiger partial charge in [0.15, 0.2) is 0 Å². The molecule has 226 valence electrons. The summed E-state index contributed by atoms with van der Waals surface area (Å²) in [7, 11) is 3.46. The second-order valence-electron chi connectivity index (χ2n) is 9.75. The highest BCUT2D eigenvalue weighted by atomic mass is 35.5. The van der Waals surface area contributed by atoms with E-state index in [1.165, 1.54) is 23.7 Å². The van der Waals surface area contributed by atoms with E-state index in [2.05, 4.69) is 68.3 Å². The lowest BCUT2D eigenvalue weighted by Gasteiger charge is -2.36. The van der Waals surface area contributed by atoms with E-state index in [0.717, 1.165) is 37.4 Å². The first-order chi connectivity index (χ1) is 20.4. The van der Waals surface area contributed by atoms with Crippen molar-refractivity contribution in [2.75, 3.05) is 76.7 Å². The monoisotopic (exact) mass is 613 g/mol. The molecule has 1 amide bonds. The maximum absolute atomic E-state index is 13.2. The standard InChI is InChI=1S/C29H36Cl2N6O2.C2H5N/c1-3-12-35-13-15-36(16-14-35)24-9-7-23(8-10-24)34-21-33-19-22-18-25(28-26(30)5-4-6-27(28)31)29(38)37(20-22)39-17-11-32-2;1-3-2/h4-10,18-19,21,32H,3,11-17,20H2,1-2H3,(H,33,34);1H2,2H3/b22-19-;. The third-order valence-electron chi connectivity index (χ3n) is 6.63. The number of benzene rings is 2. The molecule has 2 heterocycles. The highest BCUT2D eigenvalue weighted by Gasteiger charge is 2.29. The smallest absolute Gasteiger partial charge is 0.278 e. The molecule has 0 unspecified atom stereocenters. The van der Waals surface area contributed by atoms with E-state index < -0.39 is 0 Å². The molecule has 0 bridgehead atoms. The number of hydrogen-bond donors (Lipinski definition) is 2. The number of aliphatic imine (C=N–C) groups is 2. The quantitative estimate of drug-likeness (QED) is 0.205. The Kier molecular flexibility index (Phi) is 14.0. The highest BCUT2D eigenvalue weighted by Crippen LogP contribution is 2.35. The molecule has 0 saturated carbocycles. The van der Waals surface area contributed by atoms with Crippen LogP contribution in [0, 0.1) is 0 Å². The first kappa shape index (κ1) is 33.3. The molecule has 0 spiro atoms. The minimum atomic E-state index is -0.299. The van der Waals surface area contributed by atoms with Crippen LogP contribution in [0.1, 0.15) is 18.9 Å². The number of hydroxylamine groups is 2. The van der Waals surface area contributed by atoms with E-state index in [1.807, 2.05) is 7.05 Å². The molecule has 1 fully saturated rings. The molecule has 2 aromatic rings. The molecule has 2 aliphatic heterocycles. The topological polar surface area (TPSA) is 84.8 Å². The van der Waals surface area contributed by atoms with Crippen LogP contribution in [0.2, 0.25) is 10.0 Å². The van der Waals surface area contributed by atoms with Crippen LogP contribution in [0.15, 0.2) is 70.3 Å². The van der Waals surface area contributed by atoms with Crippen molar-refractivity contribution in [3.63, 3.8) is 0 Å². The predicted octanol–water partition coefficient (Wildman–Crippen LogP) is 5.24. The fraction of sp³-hybridized carbons (Fsp3) is 0.387. The molecule has 0 aliphatic carbocycles. The van der Waals surface area contributed by atoms with Crippen molar-refractivity contribution >= 4 is 59.1 Å². The number of halogens is 2. The Morgan fingerprint density at radius 3 is 2.36 bits per heavy atom. The molecule has 1 saturated heterocycles. The number of anilines is 2. The molecular formula is C31H41Cl2N7O2. The highest BCUT2D eigenvalue weighted by molar-refractivity contribution is 6.40. The van der Waals surface area contributed by atoms with Crippen molar-refractivity contribution in [2.45, 2.75) is 13.3 Å². The van der Waals surface area contributed by atoms with E-state index in [-0.39, 0.29) is 12.5 Å². The van der Waals surface area contributed by atoms with E-state index in [1.54, 1.807) is 43.9 Å². The molecular weight excluding hydrogens is 573 g/mol. The number of likely N-dealkylation sites (N-methyl/N-ethyl adjacent to an activating group) is 1. The van der Waals surface area contributed by atoms with Crippen LogP contribution in [0.5, 0.6) is 0 Å². The number of carbonyl (C=O) groups is 1. The lowest BCUT2D eigenvalue weighted by molar-refractivity contribution is -0.177. The van der Waals surface area contributed by atoms with Crippen molar-refractivity contribution < 1.29 is 9.63 Å². The summed E-state index contributed by atoms with van der Waals surface area (Å²) < 4.78 is 0. The fourth-order valence-corrected chi connectivity index (χ4v) is 5.20. The normalized spacial score (nSPS) is 16.8. The van der Waals surface area contributed by atoms with Gasteiger partial charge in [-0.25, -0.2) is 10.1 Å². The first-order valence-electron chi connectivity index (χ1n) is 14.1. The number of nitrogens with zero attached hydrogens (tertiary/aromatic N) is 5. The molecule has 9 nitrogen and oxygen atoms in total. The second kappa shape index (κ2) is 17.7. The average molecular weight is 615 g/mol. The Hall–Kier alpha value is -3.21. The van der Waals surface area contributed by atoms with E-state index in [4.69, 9.17) is 28.0 Å². The molecule has 2 aromatic carbocycles. The molecule has 0 aromatic heterocycles. The zero-order chi connectivity index (χ0) is 30.3. The van der Waals surface area contributed by atoms with Gasteiger partial charge in [0.2, 0.25) is 0 Å². The fourth-order valence-electron chi connectivity index (χ4n) is 4.60. The lowest BCUT2D eigenvalue weighted by Crippen LogP contribution is -2.46. The Labute approximate surface area is 259 Å². The van der Waals surface area contributed by atoms with Gasteiger partial charge in [0.25, 0.3) is 5.91 Å². The Balaban J connectivity index is 0.00000155. The zero-order valence-electron chi connectivity index (χ0n) is 24.7. The van der Waals surface area contributed by atoms with E-state index in [0.29, 0.717) is 34.3 Å². The van der Waals surface area contributed by atoms with Crippen molar-refractivity contribution in [1.82, 2.24) is 15.3 Å². The summed E-state index contributed by atoms with van der Waals surface area (Å²) in [6.07, 6.45) is 6.29. The van der Waals surface area contributed by atoms with Gasteiger partial charge >= 0.3 is 0 Å². The van der Waals surface area contributed by atoms with Crippen molar-refractivity contribution in [3.8, 4) is 0 Å². The third kappa shape index (κ3) is 9.68. The largest absolute Gasteiger partial charge is 0.369 e. The van der Waals surface area contributed by atoms with Crippen molar-refractivity contribution in [1.29, 1.82) is 0 Å². The van der Waals surface area contributed by atoms with E-state index in [9.17, 15) is 4.79 Å². The lowest BCUT2D eigenvalue weighted by atomic mass is 9.99. The van der Waals surface area contributed by atoms with Crippen LogP contribution in [-0.2, 0) is 9.63 Å². The molecule has 11 heteroatoms. The first-order valence-corrected chi connectivity index (χ1v) is 14.8. The number of carbonyl (C=O) groups excluding carboxylic acids is 1. The summed E-state index contributed by atoms with van der Waals surface area (Å²) in [6, 6.07) is 13.6. The number of piperazine rings is 1. The number of amides is 1. The van der Waals surface area contributed by atoms with Gasteiger partial charge in [0.1, 0.15) is 0 Å². The summed E-state index contributed by atoms with van der Waals surface area (Å²) in [4.78, 5) is 31.5. The van der Waals surface area contributed by atoms with Gasteiger partial charge in [-0.2, -0.15) is 0 Å². The van der Waals surface area contributed by atoms with E-state index >= 15 is 0 Å². The molecule has 42 heavy (non-hydrogen) atoms. The predicted molar refractivity (Wildman–Crippen MR) is 177 cm³/mol. The van der Waals surface area contributed by atoms with Gasteiger partial charge < -0.3 is 20.5 Å². The van der Waals surface area contributed by atoms with Crippen LogP contribution in [0.4, 0.5) is 11.4 Å². The summed E-state index contributed by atoms with van der Waals surface area (Å²) in [6.45, 7) is 12.0. The third-order valence-corrected chi connectivity index (χ3v) is 7.26. The minimum Gasteiger partial charge on any atom is -0.369 e. The zero-order valence-corrected chi connectivity index (χ0v) is 26.2. The maximum Gasteiger partial charge on any atom is 0.278 e. The molecule has 0 radical (unpaired) electrons. The van der Waals surface area contributed by atoms with Crippen molar-refractivity contribution in [2.24, 2.45) is 9.98 Å². The van der Waals surface area contributed by atoms with Crippen LogP contribution >= 0.6 is 23.2 Å². The van der Waals surface area contributed by atoms with Gasteiger partial charge in [0, 0.05) is 62.9 Å². The van der Waals surface area contributed by atoms with Crippen LogP contribution in [0.3, 0.4) is 0 Å². The summed E-state index contributed by atoms with van der Waals surface area (Å²) in [5.74, 6) is -0.299. The van der Waals surface area contributed by atoms with Gasteiger partial charge in [-0.05, 0) is 74.8 Å². The number of nitrogens with one attached hydrogen (secondary N) is 2. The number of hydrogen-bond acceptors (Lipinski definition) is 7. The van der Waals surface area contributed by atoms with Crippen molar-refractivity contribution in [3.05, 3.63) is 75.9 Å². The van der Waals surface area contributed by atoms with Gasteiger partial charge in [0.05, 0.1) is 35.1 Å². The Morgan fingerprint density at radius 2 is 1.74 bits per heavy atom. The van der Waals surface area contributed by atoms with Gasteiger partial charge in [-0.15, -0.1) is 0 Å². The summed E-state index contributed by atoms with van der Waals surface area (Å²) in [5.41, 5.74) is 3.80. The molecule has 4 rings (SSSR count). The average Bonchev–Trinajstić information content (AvgIpc) is 2.98. The van der Waals surface area contributed by atoms with Crippen LogP contribution in [0.25, 0.3) is 5.57 Å². The molecule has 0 atom stereocenters. The van der Waals surface area contributed by atoms with Crippen LogP contribution in [-0.4, -0.2) is 95.4 Å². The second-order valence-corrected chi connectivity index (χ2v) is 10.6. The number of rotatable bonds is 11. The Bertz CT molecular complexity index is 1240. The Morgan fingerprint density at radius 1 is 1.07 bits per heavy atom. The van der Waals surface area contributed by atoms with Crippen LogP contribution < -0.4 is 15.5 Å². The maximum atomic E-state index is 13.2. The molecule has 2 N–H and O–H groups in total. The van der Waals surface area contributed by atoms with Gasteiger partial charge in [-0.1, -0.05) is 36.2 Å². The minimum absolute atomic E-state index is 0.256. The molecule has 2 aliphatic rings.